The van der Waals surface area contributed by atoms with Gasteiger partial charge in [0.1, 0.15) is 0 Å². The van der Waals surface area contributed by atoms with Gasteiger partial charge in [0.05, 0.1) is 26.4 Å². The maximum atomic E-state index is 12.7. The van der Waals surface area contributed by atoms with Crippen molar-refractivity contribution in [2.24, 2.45) is 11.8 Å². The van der Waals surface area contributed by atoms with E-state index in [0.29, 0.717) is 25.7 Å². The van der Waals surface area contributed by atoms with Crippen LogP contribution < -0.4 is 0 Å². The quantitative estimate of drug-likeness (QED) is 0.460. The zero-order valence-electron chi connectivity index (χ0n) is 16.2. The summed E-state index contributed by atoms with van der Waals surface area (Å²) in [5, 5.41) is 21.1. The second kappa shape index (κ2) is 11.3. The molecule has 2 atom stereocenters. The molecule has 0 spiro atoms. The molecular weight excluding hydrogens is 382 g/mol. The molecule has 1 rings (SSSR count). The van der Waals surface area contributed by atoms with Crippen LogP contribution >= 0.6 is 15.2 Å². The topological polar surface area (TPSA) is 112 Å². The standard InChI is InChI=1S/C16H34O8P2/c1-5-21-25(19,22-6-2)15(17)13-9-11-14(12-10-13)16(18)26(20,23-7-3)24-8-4/h13-18H,5-12H2,1-4H3. The summed E-state index contributed by atoms with van der Waals surface area (Å²) in [6.07, 6.45) is 2.08. The normalized spacial score (nSPS) is 24.4. The first kappa shape index (κ1) is 24.3. The van der Waals surface area contributed by atoms with Crippen LogP contribution in [0.3, 0.4) is 0 Å². The molecule has 0 aromatic rings. The van der Waals surface area contributed by atoms with Crippen LogP contribution in [-0.4, -0.2) is 48.3 Å². The lowest BCUT2D eigenvalue weighted by molar-refractivity contribution is 0.0562. The van der Waals surface area contributed by atoms with Crippen LogP contribution in [0, 0.1) is 11.8 Å². The molecule has 8 nitrogen and oxygen atoms in total. The average Bonchev–Trinajstić information content (AvgIpc) is 2.61. The van der Waals surface area contributed by atoms with E-state index in [1.807, 2.05) is 0 Å². The van der Waals surface area contributed by atoms with Crippen LogP contribution in [0.4, 0.5) is 0 Å². The zero-order valence-corrected chi connectivity index (χ0v) is 18.0. The van der Waals surface area contributed by atoms with Gasteiger partial charge in [0, 0.05) is 0 Å². The molecule has 0 saturated heterocycles. The fourth-order valence-corrected chi connectivity index (χ4v) is 7.19. The van der Waals surface area contributed by atoms with E-state index >= 15 is 0 Å². The smallest absolute Gasteiger partial charge is 0.359 e. The van der Waals surface area contributed by atoms with Crippen molar-refractivity contribution < 1.29 is 37.4 Å². The van der Waals surface area contributed by atoms with Crippen molar-refractivity contribution in [3.05, 3.63) is 0 Å². The van der Waals surface area contributed by atoms with E-state index in [4.69, 9.17) is 18.1 Å². The van der Waals surface area contributed by atoms with E-state index in [1.165, 1.54) is 0 Å². The highest BCUT2D eigenvalue weighted by Crippen LogP contribution is 2.59. The Labute approximate surface area is 156 Å². The molecule has 0 aromatic carbocycles. The Morgan fingerprint density at radius 1 is 0.692 bits per heavy atom. The van der Waals surface area contributed by atoms with Gasteiger partial charge in [-0.15, -0.1) is 0 Å². The number of aliphatic hydroxyl groups excluding tert-OH is 2. The van der Waals surface area contributed by atoms with E-state index < -0.39 is 26.9 Å². The molecule has 1 aliphatic rings. The highest BCUT2D eigenvalue weighted by Gasteiger charge is 2.45. The summed E-state index contributed by atoms with van der Waals surface area (Å²) >= 11 is 0. The molecule has 2 unspecified atom stereocenters. The lowest BCUT2D eigenvalue weighted by Gasteiger charge is -2.36. The van der Waals surface area contributed by atoms with Crippen LogP contribution in [0.1, 0.15) is 53.4 Å². The molecule has 1 fully saturated rings. The fraction of sp³-hybridized carbons (Fsp3) is 1.00. The van der Waals surface area contributed by atoms with Gasteiger partial charge in [-0.2, -0.15) is 0 Å². The molecule has 2 N–H and O–H groups in total. The molecule has 26 heavy (non-hydrogen) atoms. The minimum absolute atomic E-state index is 0.189. The van der Waals surface area contributed by atoms with E-state index in [-0.39, 0.29) is 38.3 Å². The average molecular weight is 416 g/mol. The molecular formula is C16H34O8P2. The second-order valence-corrected chi connectivity index (χ2v) is 10.5. The summed E-state index contributed by atoms with van der Waals surface area (Å²) < 4.78 is 46.4. The Balaban J connectivity index is 2.73. The fourth-order valence-electron chi connectivity index (χ4n) is 3.36. The van der Waals surface area contributed by atoms with Crippen molar-refractivity contribution in [2.45, 2.75) is 65.1 Å². The van der Waals surface area contributed by atoms with Gasteiger partial charge >= 0.3 is 15.2 Å². The van der Waals surface area contributed by atoms with Gasteiger partial charge in [-0.25, -0.2) is 0 Å². The summed E-state index contributed by atoms with van der Waals surface area (Å²) in [4.78, 5) is 0. The van der Waals surface area contributed by atoms with Gasteiger partial charge in [-0.1, -0.05) is 0 Å². The Hall–Kier alpha value is 0.220. The number of hydrogen-bond donors (Lipinski definition) is 2. The van der Waals surface area contributed by atoms with Crippen LogP contribution in [0.15, 0.2) is 0 Å². The van der Waals surface area contributed by atoms with Gasteiger partial charge < -0.3 is 28.3 Å². The maximum absolute atomic E-state index is 12.7. The van der Waals surface area contributed by atoms with Crippen LogP contribution in [0.5, 0.6) is 0 Å². The molecule has 0 aliphatic heterocycles. The van der Waals surface area contributed by atoms with E-state index in [2.05, 4.69) is 0 Å². The van der Waals surface area contributed by atoms with E-state index in [9.17, 15) is 19.3 Å². The molecule has 0 bridgehead atoms. The van der Waals surface area contributed by atoms with Crippen LogP contribution in [-0.2, 0) is 27.2 Å². The predicted octanol–water partition coefficient (Wildman–Crippen LogP) is 3.96. The van der Waals surface area contributed by atoms with Gasteiger partial charge in [0.15, 0.2) is 11.7 Å². The molecule has 0 radical (unpaired) electrons. The first-order valence-corrected chi connectivity index (χ1v) is 12.6. The molecule has 0 amide bonds. The minimum atomic E-state index is -3.59. The Morgan fingerprint density at radius 3 is 1.12 bits per heavy atom. The third kappa shape index (κ3) is 6.11. The Kier molecular flexibility index (Phi) is 10.5. The Bertz CT molecular complexity index is 429. The number of rotatable bonds is 12. The summed E-state index contributed by atoms with van der Waals surface area (Å²) in [5.74, 6) is -2.93. The highest BCUT2D eigenvalue weighted by atomic mass is 31.2. The van der Waals surface area contributed by atoms with E-state index in [1.54, 1.807) is 27.7 Å². The van der Waals surface area contributed by atoms with Crippen molar-refractivity contribution in [1.82, 2.24) is 0 Å². The van der Waals surface area contributed by atoms with Crippen molar-refractivity contribution >= 4 is 15.2 Å². The molecule has 10 heteroatoms. The minimum Gasteiger partial charge on any atom is -0.380 e. The van der Waals surface area contributed by atoms with Crippen LogP contribution in [0.25, 0.3) is 0 Å². The largest absolute Gasteiger partial charge is 0.380 e. The Morgan fingerprint density at radius 2 is 0.923 bits per heavy atom. The third-order valence-electron chi connectivity index (χ3n) is 4.54. The molecule has 0 aromatic heterocycles. The third-order valence-corrected chi connectivity index (χ3v) is 9.16. The monoisotopic (exact) mass is 416 g/mol. The molecule has 1 aliphatic carbocycles. The van der Waals surface area contributed by atoms with Crippen molar-refractivity contribution in [2.75, 3.05) is 26.4 Å². The number of aliphatic hydroxyl groups is 2. The molecule has 156 valence electrons. The van der Waals surface area contributed by atoms with Gasteiger partial charge in [-0.3, -0.25) is 9.13 Å². The summed E-state index contributed by atoms with van der Waals surface area (Å²) in [7, 11) is -7.17. The lowest BCUT2D eigenvalue weighted by Crippen LogP contribution is -2.32. The summed E-state index contributed by atoms with van der Waals surface area (Å²) in [6.45, 7) is 7.55. The zero-order chi connectivity index (χ0) is 19.8. The van der Waals surface area contributed by atoms with Crippen molar-refractivity contribution in [3.8, 4) is 0 Å². The second-order valence-electron chi connectivity index (χ2n) is 6.25. The first-order valence-electron chi connectivity index (χ1n) is 9.41. The maximum Gasteiger partial charge on any atom is 0.359 e. The first-order chi connectivity index (χ1) is 12.3. The predicted molar refractivity (Wildman–Crippen MR) is 99.2 cm³/mol. The lowest BCUT2D eigenvalue weighted by atomic mass is 9.82. The van der Waals surface area contributed by atoms with Gasteiger partial charge in [0.25, 0.3) is 0 Å². The molecule has 1 saturated carbocycles. The summed E-state index contributed by atoms with van der Waals surface area (Å²) in [5.41, 5.74) is 0. The van der Waals surface area contributed by atoms with Crippen molar-refractivity contribution in [1.29, 1.82) is 0 Å². The van der Waals surface area contributed by atoms with Crippen molar-refractivity contribution in [3.63, 3.8) is 0 Å². The number of hydrogen-bond acceptors (Lipinski definition) is 8. The van der Waals surface area contributed by atoms with Gasteiger partial charge in [-0.05, 0) is 65.2 Å². The highest BCUT2D eigenvalue weighted by molar-refractivity contribution is 7.54. The van der Waals surface area contributed by atoms with Gasteiger partial charge in [0.2, 0.25) is 0 Å². The van der Waals surface area contributed by atoms with E-state index in [0.717, 1.165) is 0 Å². The SMILES string of the molecule is CCOP(=O)(OCC)C(O)C1CCC(C(O)P(=O)(OCC)OCC)CC1. The molecule has 0 heterocycles. The van der Waals surface area contributed by atoms with Crippen LogP contribution in [0.2, 0.25) is 0 Å². The summed E-state index contributed by atoms with van der Waals surface area (Å²) in [6, 6.07) is 0.